The van der Waals surface area contributed by atoms with Crippen molar-refractivity contribution in [3.8, 4) is 0 Å². The monoisotopic (exact) mass is 214 g/mol. The fourth-order valence-corrected chi connectivity index (χ4v) is 1.81. The van der Waals surface area contributed by atoms with Crippen LogP contribution in [-0.4, -0.2) is 24.2 Å². The number of halogens is 2. The molecule has 1 aliphatic rings. The van der Waals surface area contributed by atoms with E-state index in [2.05, 4.69) is 9.88 Å². The smallest absolute Gasteiger partial charge is 0.131 e. The highest BCUT2D eigenvalue weighted by Crippen LogP contribution is 2.20. The second-order valence-electron chi connectivity index (χ2n) is 3.48. The molecule has 1 aromatic rings. The van der Waals surface area contributed by atoms with Crippen molar-refractivity contribution in [2.24, 2.45) is 0 Å². The zero-order valence-corrected chi connectivity index (χ0v) is 8.54. The minimum absolute atomic E-state index is 0.491. The molecule has 0 spiro atoms. The summed E-state index contributed by atoms with van der Waals surface area (Å²) in [5, 5.41) is 0.491. The highest BCUT2D eigenvalue weighted by Gasteiger charge is 2.19. The SMILES string of the molecule is FC1CCN(c2cccc(Cl)n2)CC1. The van der Waals surface area contributed by atoms with Crippen LogP contribution in [0.1, 0.15) is 12.8 Å². The molecule has 0 unspecified atom stereocenters. The zero-order valence-electron chi connectivity index (χ0n) is 7.79. The Balaban J connectivity index is 2.08. The van der Waals surface area contributed by atoms with Gasteiger partial charge in [0, 0.05) is 13.1 Å². The third-order valence-electron chi connectivity index (χ3n) is 2.45. The minimum Gasteiger partial charge on any atom is -0.356 e. The molecule has 1 fully saturated rings. The van der Waals surface area contributed by atoms with E-state index >= 15 is 0 Å². The molecule has 1 aromatic heterocycles. The van der Waals surface area contributed by atoms with Gasteiger partial charge in [-0.2, -0.15) is 0 Å². The molecule has 0 aromatic carbocycles. The van der Waals surface area contributed by atoms with Gasteiger partial charge in [-0.3, -0.25) is 0 Å². The number of aromatic nitrogens is 1. The molecule has 0 amide bonds. The summed E-state index contributed by atoms with van der Waals surface area (Å²) in [6, 6.07) is 5.52. The molecule has 0 N–H and O–H groups in total. The van der Waals surface area contributed by atoms with E-state index in [0.717, 1.165) is 18.9 Å². The molecule has 0 atom stereocenters. The Labute approximate surface area is 87.7 Å². The highest BCUT2D eigenvalue weighted by molar-refractivity contribution is 6.29. The van der Waals surface area contributed by atoms with E-state index in [0.29, 0.717) is 18.0 Å². The Bertz CT molecular complexity index is 311. The Hall–Kier alpha value is -0.830. The van der Waals surface area contributed by atoms with Crippen LogP contribution in [0, 0.1) is 0 Å². The van der Waals surface area contributed by atoms with Gasteiger partial charge in [-0.05, 0) is 25.0 Å². The summed E-state index contributed by atoms with van der Waals surface area (Å²) in [6.45, 7) is 1.46. The summed E-state index contributed by atoms with van der Waals surface area (Å²) in [5.41, 5.74) is 0. The average molecular weight is 215 g/mol. The number of pyridine rings is 1. The van der Waals surface area contributed by atoms with E-state index < -0.39 is 6.17 Å². The number of alkyl halides is 1. The summed E-state index contributed by atoms with van der Waals surface area (Å²) in [6.07, 6.45) is 0.535. The molecule has 1 aliphatic heterocycles. The summed E-state index contributed by atoms with van der Waals surface area (Å²) in [4.78, 5) is 6.26. The standard InChI is InChI=1S/C10H12ClFN2/c11-9-2-1-3-10(13-9)14-6-4-8(12)5-7-14/h1-3,8H,4-7H2. The number of anilines is 1. The number of piperidine rings is 1. The number of nitrogens with zero attached hydrogens (tertiary/aromatic N) is 2. The predicted octanol–water partition coefficient (Wildman–Crippen LogP) is 2.67. The van der Waals surface area contributed by atoms with E-state index in [1.54, 1.807) is 6.07 Å². The Morgan fingerprint density at radius 1 is 1.36 bits per heavy atom. The van der Waals surface area contributed by atoms with Gasteiger partial charge in [-0.15, -0.1) is 0 Å². The van der Waals surface area contributed by atoms with Crippen LogP contribution in [0.25, 0.3) is 0 Å². The van der Waals surface area contributed by atoms with Crippen molar-refractivity contribution < 1.29 is 4.39 Å². The van der Waals surface area contributed by atoms with Crippen LogP contribution < -0.4 is 4.90 Å². The van der Waals surface area contributed by atoms with Crippen LogP contribution in [0.2, 0.25) is 5.15 Å². The van der Waals surface area contributed by atoms with Crippen LogP contribution >= 0.6 is 11.6 Å². The Kier molecular flexibility index (Phi) is 2.87. The molecular formula is C10H12ClFN2. The highest BCUT2D eigenvalue weighted by atomic mass is 35.5. The van der Waals surface area contributed by atoms with E-state index in [4.69, 9.17) is 11.6 Å². The molecule has 2 heterocycles. The van der Waals surface area contributed by atoms with Crippen LogP contribution in [0.3, 0.4) is 0 Å². The summed E-state index contributed by atoms with van der Waals surface area (Å²) in [5.74, 6) is 0.851. The lowest BCUT2D eigenvalue weighted by molar-refractivity contribution is 0.277. The molecule has 4 heteroatoms. The van der Waals surface area contributed by atoms with Crippen LogP contribution in [0.5, 0.6) is 0 Å². The molecule has 1 saturated heterocycles. The first-order chi connectivity index (χ1) is 6.75. The second kappa shape index (κ2) is 4.13. The van der Waals surface area contributed by atoms with Crippen molar-refractivity contribution in [2.75, 3.05) is 18.0 Å². The first kappa shape index (κ1) is 9.71. The molecular weight excluding hydrogens is 203 g/mol. The maximum Gasteiger partial charge on any atom is 0.131 e. The number of hydrogen-bond donors (Lipinski definition) is 0. The summed E-state index contributed by atoms with van der Waals surface area (Å²) >= 11 is 5.78. The van der Waals surface area contributed by atoms with Crippen molar-refractivity contribution >= 4 is 17.4 Å². The fourth-order valence-electron chi connectivity index (χ4n) is 1.65. The average Bonchev–Trinajstić information content (AvgIpc) is 2.19. The third kappa shape index (κ3) is 2.15. The molecule has 0 aliphatic carbocycles. The van der Waals surface area contributed by atoms with Crippen molar-refractivity contribution in [2.45, 2.75) is 19.0 Å². The van der Waals surface area contributed by atoms with Crippen LogP contribution in [-0.2, 0) is 0 Å². The van der Waals surface area contributed by atoms with Gasteiger partial charge in [0.05, 0.1) is 0 Å². The van der Waals surface area contributed by atoms with E-state index in [-0.39, 0.29) is 0 Å². The molecule has 76 valence electrons. The topological polar surface area (TPSA) is 16.1 Å². The van der Waals surface area contributed by atoms with Crippen LogP contribution in [0.15, 0.2) is 18.2 Å². The summed E-state index contributed by atoms with van der Waals surface area (Å²) < 4.78 is 12.9. The maximum atomic E-state index is 12.9. The molecule has 14 heavy (non-hydrogen) atoms. The number of rotatable bonds is 1. The molecule has 0 saturated carbocycles. The second-order valence-corrected chi connectivity index (χ2v) is 3.87. The van der Waals surface area contributed by atoms with Crippen molar-refractivity contribution in [1.29, 1.82) is 0 Å². The first-order valence-electron chi connectivity index (χ1n) is 4.77. The fraction of sp³-hybridized carbons (Fsp3) is 0.500. The molecule has 2 rings (SSSR count). The minimum atomic E-state index is -0.648. The summed E-state index contributed by atoms with van der Waals surface area (Å²) in [7, 11) is 0. The predicted molar refractivity (Wildman–Crippen MR) is 55.6 cm³/mol. The van der Waals surface area contributed by atoms with Gasteiger partial charge >= 0.3 is 0 Å². The Morgan fingerprint density at radius 3 is 2.71 bits per heavy atom. The van der Waals surface area contributed by atoms with Crippen molar-refractivity contribution in [3.05, 3.63) is 23.4 Å². The van der Waals surface area contributed by atoms with E-state index in [1.807, 2.05) is 12.1 Å². The maximum absolute atomic E-state index is 12.9. The normalized spacial score (nSPS) is 18.6. The van der Waals surface area contributed by atoms with Crippen LogP contribution in [0.4, 0.5) is 10.2 Å². The molecule has 0 radical (unpaired) electrons. The third-order valence-corrected chi connectivity index (χ3v) is 2.66. The lowest BCUT2D eigenvalue weighted by atomic mass is 10.1. The van der Waals surface area contributed by atoms with Gasteiger partial charge in [0.1, 0.15) is 17.1 Å². The van der Waals surface area contributed by atoms with Gasteiger partial charge in [-0.25, -0.2) is 9.37 Å². The van der Waals surface area contributed by atoms with E-state index in [9.17, 15) is 4.39 Å². The van der Waals surface area contributed by atoms with Crippen molar-refractivity contribution in [1.82, 2.24) is 4.98 Å². The first-order valence-corrected chi connectivity index (χ1v) is 5.15. The lowest BCUT2D eigenvalue weighted by Gasteiger charge is -2.29. The quantitative estimate of drug-likeness (QED) is 0.669. The van der Waals surface area contributed by atoms with Gasteiger partial charge in [-0.1, -0.05) is 17.7 Å². The van der Waals surface area contributed by atoms with E-state index in [1.165, 1.54) is 0 Å². The zero-order chi connectivity index (χ0) is 9.97. The van der Waals surface area contributed by atoms with Gasteiger partial charge in [0.15, 0.2) is 0 Å². The largest absolute Gasteiger partial charge is 0.356 e. The lowest BCUT2D eigenvalue weighted by Crippen LogP contribution is -2.34. The van der Waals surface area contributed by atoms with Gasteiger partial charge < -0.3 is 4.90 Å². The molecule has 0 bridgehead atoms. The van der Waals surface area contributed by atoms with Gasteiger partial charge in [0.2, 0.25) is 0 Å². The van der Waals surface area contributed by atoms with Crippen molar-refractivity contribution in [3.63, 3.8) is 0 Å². The van der Waals surface area contributed by atoms with Gasteiger partial charge in [0.25, 0.3) is 0 Å². The molecule has 2 nitrogen and oxygen atoms in total. The Morgan fingerprint density at radius 2 is 2.07 bits per heavy atom. The number of hydrogen-bond acceptors (Lipinski definition) is 2.